The standard InChI is InChI=1S/C16H21N3O/c1-3-10-17-15-8-5-9-16(19-15)18-14-7-4-6-13(11-14)12-20-2/h4-9,11H,3,10,12H2,1-2H3,(H2,17,18,19). The molecule has 2 aromatic rings. The van der Waals surface area contributed by atoms with E-state index >= 15 is 0 Å². The third-order valence-electron chi connectivity index (χ3n) is 2.82. The maximum atomic E-state index is 5.14. The van der Waals surface area contributed by atoms with Crippen molar-refractivity contribution in [2.24, 2.45) is 0 Å². The number of rotatable bonds is 7. The van der Waals surface area contributed by atoms with Gasteiger partial charge in [0.2, 0.25) is 0 Å². The number of hydrogen-bond acceptors (Lipinski definition) is 4. The molecule has 2 rings (SSSR count). The summed E-state index contributed by atoms with van der Waals surface area (Å²) in [6.07, 6.45) is 1.08. The van der Waals surface area contributed by atoms with Crippen LogP contribution in [0.1, 0.15) is 18.9 Å². The first-order valence-corrected chi connectivity index (χ1v) is 6.87. The van der Waals surface area contributed by atoms with Crippen LogP contribution in [0.25, 0.3) is 0 Å². The van der Waals surface area contributed by atoms with Crippen molar-refractivity contribution in [3.8, 4) is 0 Å². The van der Waals surface area contributed by atoms with Crippen LogP contribution in [-0.2, 0) is 11.3 Å². The minimum absolute atomic E-state index is 0.612. The quantitative estimate of drug-likeness (QED) is 0.804. The summed E-state index contributed by atoms with van der Waals surface area (Å²) < 4.78 is 5.14. The van der Waals surface area contributed by atoms with E-state index in [1.165, 1.54) is 0 Å². The molecule has 1 heterocycles. The summed E-state index contributed by atoms with van der Waals surface area (Å²) in [5, 5.41) is 6.59. The van der Waals surface area contributed by atoms with Crippen LogP contribution in [0.3, 0.4) is 0 Å². The van der Waals surface area contributed by atoms with E-state index < -0.39 is 0 Å². The van der Waals surface area contributed by atoms with Crippen molar-refractivity contribution in [3.05, 3.63) is 48.0 Å². The van der Waals surface area contributed by atoms with Gasteiger partial charge in [0.25, 0.3) is 0 Å². The monoisotopic (exact) mass is 271 g/mol. The Morgan fingerprint density at radius 2 is 1.90 bits per heavy atom. The number of ether oxygens (including phenoxy) is 1. The van der Waals surface area contributed by atoms with Crippen LogP contribution in [0.2, 0.25) is 0 Å². The second kappa shape index (κ2) is 7.50. The summed E-state index contributed by atoms with van der Waals surface area (Å²) >= 11 is 0. The fourth-order valence-corrected chi connectivity index (χ4v) is 1.91. The van der Waals surface area contributed by atoms with Crippen LogP contribution in [0, 0.1) is 0 Å². The van der Waals surface area contributed by atoms with Gasteiger partial charge in [-0.15, -0.1) is 0 Å². The Morgan fingerprint density at radius 1 is 1.10 bits per heavy atom. The lowest BCUT2D eigenvalue weighted by Crippen LogP contribution is -2.03. The molecular weight excluding hydrogens is 250 g/mol. The van der Waals surface area contributed by atoms with E-state index in [-0.39, 0.29) is 0 Å². The molecule has 0 spiro atoms. The molecule has 0 saturated carbocycles. The van der Waals surface area contributed by atoms with Gasteiger partial charge in [0.15, 0.2) is 0 Å². The van der Waals surface area contributed by atoms with E-state index in [0.717, 1.165) is 35.9 Å². The molecule has 0 radical (unpaired) electrons. The van der Waals surface area contributed by atoms with Crippen molar-refractivity contribution in [1.29, 1.82) is 0 Å². The highest BCUT2D eigenvalue weighted by atomic mass is 16.5. The van der Waals surface area contributed by atoms with Crippen molar-refractivity contribution in [1.82, 2.24) is 4.98 Å². The van der Waals surface area contributed by atoms with Gasteiger partial charge in [-0.1, -0.05) is 25.1 Å². The predicted molar refractivity (Wildman–Crippen MR) is 83.5 cm³/mol. The SMILES string of the molecule is CCCNc1cccc(Nc2cccc(COC)c2)n1. The zero-order valence-electron chi connectivity index (χ0n) is 12.0. The Labute approximate surface area is 120 Å². The molecule has 2 N–H and O–H groups in total. The van der Waals surface area contributed by atoms with Gasteiger partial charge in [-0.25, -0.2) is 4.98 Å². The number of benzene rings is 1. The van der Waals surface area contributed by atoms with E-state index in [1.807, 2.05) is 36.4 Å². The van der Waals surface area contributed by atoms with Gasteiger partial charge in [0.1, 0.15) is 11.6 Å². The Bertz CT molecular complexity index is 543. The summed E-state index contributed by atoms with van der Waals surface area (Å²) in [7, 11) is 1.70. The van der Waals surface area contributed by atoms with Gasteiger partial charge in [-0.3, -0.25) is 0 Å². The average Bonchev–Trinajstić information content (AvgIpc) is 2.46. The van der Waals surface area contributed by atoms with Crippen molar-refractivity contribution in [2.45, 2.75) is 20.0 Å². The maximum Gasteiger partial charge on any atom is 0.132 e. The third kappa shape index (κ3) is 4.24. The van der Waals surface area contributed by atoms with Gasteiger partial charge in [0.05, 0.1) is 6.61 Å². The van der Waals surface area contributed by atoms with Gasteiger partial charge in [-0.05, 0) is 36.2 Å². The summed E-state index contributed by atoms with van der Waals surface area (Å²) in [5.41, 5.74) is 2.15. The Morgan fingerprint density at radius 3 is 2.70 bits per heavy atom. The molecule has 0 saturated heterocycles. The van der Waals surface area contributed by atoms with Crippen molar-refractivity contribution in [3.63, 3.8) is 0 Å². The molecule has 0 unspecified atom stereocenters. The number of nitrogens with zero attached hydrogens (tertiary/aromatic N) is 1. The van der Waals surface area contributed by atoms with Gasteiger partial charge in [0, 0.05) is 19.3 Å². The molecule has 20 heavy (non-hydrogen) atoms. The first-order valence-electron chi connectivity index (χ1n) is 6.87. The second-order valence-electron chi connectivity index (χ2n) is 4.59. The summed E-state index contributed by atoms with van der Waals surface area (Å²) in [4.78, 5) is 4.53. The highest BCUT2D eigenvalue weighted by Crippen LogP contribution is 2.18. The summed E-state index contributed by atoms with van der Waals surface area (Å²) in [6, 6.07) is 14.1. The molecule has 1 aromatic carbocycles. The van der Waals surface area contributed by atoms with Crippen LogP contribution in [0.5, 0.6) is 0 Å². The summed E-state index contributed by atoms with van der Waals surface area (Å²) in [5.74, 6) is 1.73. The van der Waals surface area contributed by atoms with Crippen LogP contribution >= 0.6 is 0 Å². The van der Waals surface area contributed by atoms with Crippen LogP contribution in [0.15, 0.2) is 42.5 Å². The molecule has 0 aliphatic rings. The lowest BCUT2D eigenvalue weighted by atomic mass is 10.2. The number of aromatic nitrogens is 1. The molecule has 106 valence electrons. The largest absolute Gasteiger partial charge is 0.380 e. The smallest absolute Gasteiger partial charge is 0.132 e. The highest BCUT2D eigenvalue weighted by Gasteiger charge is 1.99. The zero-order valence-corrected chi connectivity index (χ0v) is 12.0. The molecule has 0 aliphatic heterocycles. The predicted octanol–water partition coefficient (Wildman–Crippen LogP) is 3.79. The summed E-state index contributed by atoms with van der Waals surface area (Å²) in [6.45, 7) is 3.68. The molecule has 4 nitrogen and oxygen atoms in total. The third-order valence-corrected chi connectivity index (χ3v) is 2.82. The number of nitrogens with one attached hydrogen (secondary N) is 2. The Kier molecular flexibility index (Phi) is 5.38. The Hall–Kier alpha value is -2.07. The van der Waals surface area contributed by atoms with Crippen LogP contribution in [-0.4, -0.2) is 18.6 Å². The van der Waals surface area contributed by atoms with Crippen molar-refractivity contribution < 1.29 is 4.74 Å². The van der Waals surface area contributed by atoms with E-state index in [2.05, 4.69) is 28.6 Å². The Balaban J connectivity index is 2.07. The normalized spacial score (nSPS) is 10.3. The molecule has 0 atom stereocenters. The highest BCUT2D eigenvalue weighted by molar-refractivity contribution is 5.58. The van der Waals surface area contributed by atoms with Gasteiger partial charge >= 0.3 is 0 Å². The van der Waals surface area contributed by atoms with Crippen LogP contribution in [0.4, 0.5) is 17.3 Å². The topological polar surface area (TPSA) is 46.2 Å². The molecule has 4 heteroatoms. The fourth-order valence-electron chi connectivity index (χ4n) is 1.91. The number of hydrogen-bond donors (Lipinski definition) is 2. The maximum absolute atomic E-state index is 5.14. The second-order valence-corrected chi connectivity index (χ2v) is 4.59. The molecule has 0 fully saturated rings. The lowest BCUT2D eigenvalue weighted by molar-refractivity contribution is 0.185. The number of anilines is 3. The van der Waals surface area contributed by atoms with Crippen LogP contribution < -0.4 is 10.6 Å². The first-order chi connectivity index (χ1) is 9.81. The molecule has 0 amide bonds. The van der Waals surface area contributed by atoms with Crippen molar-refractivity contribution in [2.75, 3.05) is 24.3 Å². The van der Waals surface area contributed by atoms with Gasteiger partial charge in [-0.2, -0.15) is 0 Å². The van der Waals surface area contributed by atoms with E-state index in [1.54, 1.807) is 7.11 Å². The van der Waals surface area contributed by atoms with E-state index in [9.17, 15) is 0 Å². The zero-order chi connectivity index (χ0) is 14.2. The minimum Gasteiger partial charge on any atom is -0.380 e. The molecule has 0 aliphatic carbocycles. The molecular formula is C16H21N3O. The first kappa shape index (κ1) is 14.3. The fraction of sp³-hybridized carbons (Fsp3) is 0.312. The van der Waals surface area contributed by atoms with Crippen molar-refractivity contribution >= 4 is 17.3 Å². The van der Waals surface area contributed by atoms with Gasteiger partial charge < -0.3 is 15.4 Å². The molecule has 0 bridgehead atoms. The van der Waals surface area contributed by atoms with E-state index in [0.29, 0.717) is 6.61 Å². The average molecular weight is 271 g/mol. The number of pyridine rings is 1. The molecule has 1 aromatic heterocycles. The lowest BCUT2D eigenvalue weighted by Gasteiger charge is -2.09. The van der Waals surface area contributed by atoms with E-state index in [4.69, 9.17) is 4.74 Å². The number of methoxy groups -OCH3 is 1. The minimum atomic E-state index is 0.612.